The highest BCUT2D eigenvalue weighted by Gasteiger charge is 2.29. The largest absolute Gasteiger partial charge is 0.493 e. The number of para-hydroxylation sites is 1. The fraction of sp³-hybridized carbons (Fsp3) is 0.174. The first-order chi connectivity index (χ1) is 14.1. The second-order valence-electron chi connectivity index (χ2n) is 6.66. The van der Waals surface area contributed by atoms with E-state index in [1.165, 1.54) is 12.1 Å². The summed E-state index contributed by atoms with van der Waals surface area (Å²) in [5.41, 5.74) is 3.90. The summed E-state index contributed by atoms with van der Waals surface area (Å²) in [5.74, 6) is 0.112. The van der Waals surface area contributed by atoms with Gasteiger partial charge in [0.1, 0.15) is 11.6 Å². The fourth-order valence-electron chi connectivity index (χ4n) is 3.48. The van der Waals surface area contributed by atoms with E-state index < -0.39 is 0 Å². The second-order valence-corrected chi connectivity index (χ2v) is 6.66. The number of pyridine rings is 1. The number of rotatable bonds is 5. The van der Waals surface area contributed by atoms with E-state index in [0.717, 1.165) is 5.56 Å². The van der Waals surface area contributed by atoms with Gasteiger partial charge in [0.15, 0.2) is 5.69 Å². The van der Waals surface area contributed by atoms with Crippen LogP contribution in [0.5, 0.6) is 5.75 Å². The van der Waals surface area contributed by atoms with Crippen molar-refractivity contribution in [1.82, 2.24) is 4.98 Å². The molecule has 0 N–H and O–H groups in total. The zero-order valence-corrected chi connectivity index (χ0v) is 15.9. The van der Waals surface area contributed by atoms with Crippen molar-refractivity contribution in [1.29, 1.82) is 0 Å². The Morgan fingerprint density at radius 3 is 2.86 bits per heavy atom. The number of fused-ring (bicyclic) bond motifs is 1. The highest BCUT2D eigenvalue weighted by molar-refractivity contribution is 6.01. The zero-order valence-electron chi connectivity index (χ0n) is 15.9. The standard InChI is InChI=1S/C23H18FN3O2/c1-3-29-22-9-8-17(24)11-18(22)16-10-21-20(26-13-16)12-23(28)27(21)14-15-6-4-5-7-19(15)25-2/h4-11,13H,3,12,14H2,1H3. The SMILES string of the molecule is [C-]#[N+]c1ccccc1CN1C(=O)Cc2ncc(-c3cc(F)ccc3OCC)cc21. The number of aromatic nitrogens is 1. The number of anilines is 1. The molecule has 5 nitrogen and oxygen atoms in total. The summed E-state index contributed by atoms with van der Waals surface area (Å²) in [7, 11) is 0. The van der Waals surface area contributed by atoms with Gasteiger partial charge in [-0.2, -0.15) is 0 Å². The van der Waals surface area contributed by atoms with Gasteiger partial charge < -0.3 is 9.64 Å². The van der Waals surface area contributed by atoms with Crippen molar-refractivity contribution < 1.29 is 13.9 Å². The molecule has 0 saturated heterocycles. The van der Waals surface area contributed by atoms with Crippen molar-refractivity contribution in [2.45, 2.75) is 19.9 Å². The average molecular weight is 387 g/mol. The van der Waals surface area contributed by atoms with E-state index in [2.05, 4.69) is 9.83 Å². The van der Waals surface area contributed by atoms with Crippen LogP contribution < -0.4 is 9.64 Å². The Morgan fingerprint density at radius 1 is 1.24 bits per heavy atom. The van der Waals surface area contributed by atoms with Crippen LogP contribution in [-0.2, 0) is 17.8 Å². The molecule has 0 saturated carbocycles. The molecule has 0 aliphatic carbocycles. The minimum atomic E-state index is -0.372. The summed E-state index contributed by atoms with van der Waals surface area (Å²) in [6.45, 7) is 9.95. The minimum Gasteiger partial charge on any atom is -0.493 e. The van der Waals surface area contributed by atoms with Crippen LogP contribution in [0, 0.1) is 12.4 Å². The minimum absolute atomic E-state index is 0.0753. The molecule has 29 heavy (non-hydrogen) atoms. The number of nitrogens with zero attached hydrogens (tertiary/aromatic N) is 3. The molecule has 2 heterocycles. The Kier molecular flexibility index (Phi) is 4.96. The third-order valence-corrected chi connectivity index (χ3v) is 4.85. The highest BCUT2D eigenvalue weighted by atomic mass is 19.1. The number of carbonyl (C=O) groups excluding carboxylic acids is 1. The predicted octanol–water partition coefficient (Wildman–Crippen LogP) is 4.93. The van der Waals surface area contributed by atoms with Crippen LogP contribution in [0.25, 0.3) is 16.0 Å². The molecule has 0 bridgehead atoms. The molecule has 144 valence electrons. The number of ether oxygens (including phenoxy) is 1. The van der Waals surface area contributed by atoms with Crippen molar-refractivity contribution in [2.24, 2.45) is 0 Å². The van der Waals surface area contributed by atoms with Crippen molar-refractivity contribution in [3.05, 3.63) is 83.2 Å². The topological polar surface area (TPSA) is 46.8 Å². The zero-order chi connectivity index (χ0) is 20.4. The Hall–Kier alpha value is -3.72. The van der Waals surface area contributed by atoms with E-state index in [-0.39, 0.29) is 24.7 Å². The van der Waals surface area contributed by atoms with Gasteiger partial charge in [0.05, 0.1) is 31.0 Å². The van der Waals surface area contributed by atoms with Gasteiger partial charge in [0.2, 0.25) is 5.91 Å². The lowest BCUT2D eigenvalue weighted by atomic mass is 10.0. The summed E-state index contributed by atoms with van der Waals surface area (Å²) >= 11 is 0. The molecule has 0 spiro atoms. The smallest absolute Gasteiger partial charge is 0.233 e. The van der Waals surface area contributed by atoms with E-state index in [1.807, 2.05) is 25.1 Å². The Bertz CT molecular complexity index is 1140. The number of benzene rings is 2. The lowest BCUT2D eigenvalue weighted by Gasteiger charge is -2.19. The number of hydrogen-bond donors (Lipinski definition) is 0. The first-order valence-electron chi connectivity index (χ1n) is 9.28. The van der Waals surface area contributed by atoms with Crippen LogP contribution in [0.2, 0.25) is 0 Å². The molecule has 4 rings (SSSR count). The molecule has 0 atom stereocenters. The van der Waals surface area contributed by atoms with E-state index in [4.69, 9.17) is 11.3 Å². The molecule has 1 amide bonds. The van der Waals surface area contributed by atoms with Crippen molar-refractivity contribution >= 4 is 17.3 Å². The monoisotopic (exact) mass is 387 g/mol. The first-order valence-corrected chi connectivity index (χ1v) is 9.28. The van der Waals surface area contributed by atoms with E-state index in [0.29, 0.717) is 40.6 Å². The van der Waals surface area contributed by atoms with Crippen LogP contribution in [-0.4, -0.2) is 17.5 Å². The van der Waals surface area contributed by atoms with Crippen molar-refractivity contribution in [3.8, 4) is 16.9 Å². The summed E-state index contributed by atoms with van der Waals surface area (Å²) < 4.78 is 19.5. The molecule has 1 aliphatic rings. The third kappa shape index (κ3) is 3.55. The summed E-state index contributed by atoms with van der Waals surface area (Å²) in [6.07, 6.45) is 1.84. The van der Waals surface area contributed by atoms with Crippen LogP contribution >= 0.6 is 0 Å². The van der Waals surface area contributed by atoms with Gasteiger partial charge >= 0.3 is 0 Å². The van der Waals surface area contributed by atoms with Crippen molar-refractivity contribution in [2.75, 3.05) is 11.5 Å². The van der Waals surface area contributed by atoms with Crippen LogP contribution in [0.4, 0.5) is 15.8 Å². The quantitative estimate of drug-likeness (QED) is 0.584. The van der Waals surface area contributed by atoms with E-state index in [9.17, 15) is 9.18 Å². The summed E-state index contributed by atoms with van der Waals surface area (Å²) in [5, 5.41) is 0. The number of hydrogen-bond acceptors (Lipinski definition) is 3. The Balaban J connectivity index is 1.75. The lowest BCUT2D eigenvalue weighted by molar-refractivity contribution is -0.117. The van der Waals surface area contributed by atoms with Crippen molar-refractivity contribution in [3.63, 3.8) is 0 Å². The second kappa shape index (κ2) is 7.72. The van der Waals surface area contributed by atoms with Crippen LogP contribution in [0.15, 0.2) is 54.7 Å². The molecular formula is C23H18FN3O2. The third-order valence-electron chi connectivity index (χ3n) is 4.85. The molecule has 1 aromatic heterocycles. The molecule has 0 radical (unpaired) electrons. The summed E-state index contributed by atoms with van der Waals surface area (Å²) in [4.78, 5) is 22.3. The predicted molar refractivity (Wildman–Crippen MR) is 108 cm³/mol. The van der Waals surface area contributed by atoms with Crippen LogP contribution in [0.1, 0.15) is 18.2 Å². The van der Waals surface area contributed by atoms with E-state index in [1.54, 1.807) is 29.3 Å². The van der Waals surface area contributed by atoms with Gasteiger partial charge in [0.25, 0.3) is 0 Å². The van der Waals surface area contributed by atoms with Crippen LogP contribution in [0.3, 0.4) is 0 Å². The number of amides is 1. The van der Waals surface area contributed by atoms with Gasteiger partial charge in [-0.05, 0) is 36.8 Å². The van der Waals surface area contributed by atoms with Gasteiger partial charge in [0, 0.05) is 23.9 Å². The van der Waals surface area contributed by atoms with Gasteiger partial charge in [-0.1, -0.05) is 24.3 Å². The first kappa shape index (κ1) is 18.6. The molecule has 1 aliphatic heterocycles. The molecule has 2 aromatic carbocycles. The lowest BCUT2D eigenvalue weighted by Crippen LogP contribution is -2.26. The Morgan fingerprint density at radius 2 is 2.07 bits per heavy atom. The maximum atomic E-state index is 13.9. The molecule has 3 aromatic rings. The number of carbonyl (C=O) groups is 1. The van der Waals surface area contributed by atoms with E-state index >= 15 is 0 Å². The van der Waals surface area contributed by atoms with Gasteiger partial charge in [-0.3, -0.25) is 9.78 Å². The number of halogens is 1. The molecule has 0 unspecified atom stereocenters. The fourth-order valence-corrected chi connectivity index (χ4v) is 3.48. The van der Waals surface area contributed by atoms with Gasteiger partial charge in [-0.25, -0.2) is 9.24 Å². The average Bonchev–Trinajstić information content (AvgIpc) is 3.04. The summed E-state index contributed by atoms with van der Waals surface area (Å²) in [6, 6.07) is 13.4. The maximum Gasteiger partial charge on any atom is 0.233 e. The Labute approximate surface area is 168 Å². The molecule has 6 heteroatoms. The van der Waals surface area contributed by atoms with Gasteiger partial charge in [-0.15, -0.1) is 0 Å². The highest BCUT2D eigenvalue weighted by Crippen LogP contribution is 2.37. The maximum absolute atomic E-state index is 13.9. The normalized spacial score (nSPS) is 12.6. The molecule has 0 fully saturated rings. The molecular weight excluding hydrogens is 369 g/mol.